The highest BCUT2D eigenvalue weighted by molar-refractivity contribution is 5.58. The van der Waals surface area contributed by atoms with Crippen molar-refractivity contribution in [2.75, 3.05) is 32.7 Å². The fraction of sp³-hybridized carbons (Fsp3) is 0.389. The van der Waals surface area contributed by atoms with Gasteiger partial charge in [-0.05, 0) is 0 Å². The van der Waals surface area contributed by atoms with E-state index in [-0.39, 0.29) is 0 Å². The highest BCUT2D eigenvalue weighted by atomic mass is 16.5. The molecule has 0 bridgehead atoms. The molecule has 130 valence electrons. The SMILES string of the molecule is c1ccc(-c2cc(CN3CCN(CCn4cncn4)CC3)on2)cc1. The Morgan fingerprint density at radius 1 is 0.960 bits per heavy atom. The van der Waals surface area contributed by atoms with Crippen LogP contribution in [0.1, 0.15) is 5.76 Å². The summed E-state index contributed by atoms with van der Waals surface area (Å²) >= 11 is 0. The van der Waals surface area contributed by atoms with E-state index in [1.807, 2.05) is 28.9 Å². The summed E-state index contributed by atoms with van der Waals surface area (Å²) in [7, 11) is 0. The zero-order chi connectivity index (χ0) is 16.9. The van der Waals surface area contributed by atoms with Crippen molar-refractivity contribution in [2.24, 2.45) is 0 Å². The third-order valence-electron chi connectivity index (χ3n) is 4.58. The van der Waals surface area contributed by atoms with Crippen LogP contribution in [0.2, 0.25) is 0 Å². The van der Waals surface area contributed by atoms with E-state index in [4.69, 9.17) is 4.52 Å². The lowest BCUT2D eigenvalue weighted by Crippen LogP contribution is -2.46. The molecule has 1 saturated heterocycles. The molecule has 1 aliphatic rings. The lowest BCUT2D eigenvalue weighted by Gasteiger charge is -2.33. The van der Waals surface area contributed by atoms with Crippen molar-refractivity contribution in [2.45, 2.75) is 13.1 Å². The second kappa shape index (κ2) is 7.58. The van der Waals surface area contributed by atoms with Crippen LogP contribution in [0.15, 0.2) is 53.6 Å². The molecule has 3 heterocycles. The van der Waals surface area contributed by atoms with Gasteiger partial charge in [-0.3, -0.25) is 14.5 Å². The number of piperazine rings is 1. The summed E-state index contributed by atoms with van der Waals surface area (Å²) in [6, 6.07) is 12.2. The Morgan fingerprint density at radius 2 is 1.76 bits per heavy atom. The lowest BCUT2D eigenvalue weighted by atomic mass is 10.1. The van der Waals surface area contributed by atoms with E-state index in [1.165, 1.54) is 0 Å². The number of hydrogen-bond acceptors (Lipinski definition) is 6. The summed E-state index contributed by atoms with van der Waals surface area (Å²) in [4.78, 5) is 8.86. The molecule has 7 heteroatoms. The first-order valence-electron chi connectivity index (χ1n) is 8.65. The molecule has 0 radical (unpaired) electrons. The average Bonchev–Trinajstić information content (AvgIpc) is 3.34. The predicted molar refractivity (Wildman–Crippen MR) is 93.7 cm³/mol. The van der Waals surface area contributed by atoms with E-state index in [0.29, 0.717) is 0 Å². The fourth-order valence-corrected chi connectivity index (χ4v) is 3.12. The topological polar surface area (TPSA) is 63.2 Å². The molecular formula is C18H22N6O. The van der Waals surface area contributed by atoms with Crippen molar-refractivity contribution in [3.8, 4) is 11.3 Å². The molecule has 0 unspecified atom stereocenters. The molecule has 0 N–H and O–H groups in total. The zero-order valence-corrected chi connectivity index (χ0v) is 14.2. The molecule has 2 aromatic heterocycles. The van der Waals surface area contributed by atoms with Crippen LogP contribution in [0, 0.1) is 0 Å². The third-order valence-corrected chi connectivity index (χ3v) is 4.58. The normalized spacial score (nSPS) is 16.3. The first-order valence-corrected chi connectivity index (χ1v) is 8.65. The Morgan fingerprint density at radius 3 is 2.52 bits per heavy atom. The van der Waals surface area contributed by atoms with Crippen molar-refractivity contribution >= 4 is 0 Å². The molecule has 0 saturated carbocycles. The molecule has 1 aliphatic heterocycles. The van der Waals surface area contributed by atoms with Gasteiger partial charge in [0.25, 0.3) is 0 Å². The number of rotatable bonds is 6. The molecule has 3 aromatic rings. The first kappa shape index (κ1) is 16.0. The van der Waals surface area contributed by atoms with Crippen LogP contribution in [0.25, 0.3) is 11.3 Å². The zero-order valence-electron chi connectivity index (χ0n) is 14.2. The molecule has 0 amide bonds. The maximum Gasteiger partial charge on any atom is 0.151 e. The molecule has 0 atom stereocenters. The molecular weight excluding hydrogens is 316 g/mol. The van der Waals surface area contributed by atoms with E-state index < -0.39 is 0 Å². The van der Waals surface area contributed by atoms with Crippen LogP contribution in [-0.4, -0.2) is 62.4 Å². The van der Waals surface area contributed by atoms with Crippen molar-refractivity contribution in [3.63, 3.8) is 0 Å². The monoisotopic (exact) mass is 338 g/mol. The van der Waals surface area contributed by atoms with Gasteiger partial charge in [-0.15, -0.1) is 0 Å². The van der Waals surface area contributed by atoms with Gasteiger partial charge in [0.2, 0.25) is 0 Å². The third kappa shape index (κ3) is 4.12. The number of nitrogens with zero attached hydrogens (tertiary/aromatic N) is 6. The minimum absolute atomic E-state index is 0.816. The van der Waals surface area contributed by atoms with Crippen molar-refractivity contribution < 1.29 is 4.52 Å². The Hall–Kier alpha value is -2.51. The molecule has 25 heavy (non-hydrogen) atoms. The summed E-state index contributed by atoms with van der Waals surface area (Å²) in [5.74, 6) is 0.926. The summed E-state index contributed by atoms with van der Waals surface area (Å²) in [5, 5.41) is 8.34. The summed E-state index contributed by atoms with van der Waals surface area (Å²) in [6.45, 7) is 6.93. The minimum atomic E-state index is 0.816. The first-order chi connectivity index (χ1) is 12.4. The summed E-state index contributed by atoms with van der Waals surface area (Å²) < 4.78 is 7.40. The second-order valence-corrected chi connectivity index (χ2v) is 6.32. The molecule has 7 nitrogen and oxygen atoms in total. The van der Waals surface area contributed by atoms with Gasteiger partial charge in [-0.1, -0.05) is 35.5 Å². The van der Waals surface area contributed by atoms with Gasteiger partial charge >= 0.3 is 0 Å². The quantitative estimate of drug-likeness (QED) is 0.682. The van der Waals surface area contributed by atoms with Crippen LogP contribution in [0.3, 0.4) is 0 Å². The van der Waals surface area contributed by atoms with Crippen LogP contribution < -0.4 is 0 Å². The maximum absolute atomic E-state index is 5.52. The van der Waals surface area contributed by atoms with Crippen LogP contribution in [0.5, 0.6) is 0 Å². The molecule has 4 rings (SSSR count). The molecule has 0 spiro atoms. The highest BCUT2D eigenvalue weighted by Crippen LogP contribution is 2.19. The molecule has 0 aliphatic carbocycles. The van der Waals surface area contributed by atoms with Gasteiger partial charge in [0, 0.05) is 44.4 Å². The van der Waals surface area contributed by atoms with E-state index in [0.717, 1.165) is 62.8 Å². The van der Waals surface area contributed by atoms with Gasteiger partial charge in [-0.2, -0.15) is 5.10 Å². The lowest BCUT2D eigenvalue weighted by molar-refractivity contribution is 0.115. The molecule has 1 aromatic carbocycles. The maximum atomic E-state index is 5.52. The summed E-state index contributed by atoms with van der Waals surface area (Å²) in [6.07, 6.45) is 3.35. The Labute approximate surface area is 146 Å². The van der Waals surface area contributed by atoms with Crippen LogP contribution in [-0.2, 0) is 13.1 Å². The van der Waals surface area contributed by atoms with Gasteiger partial charge in [-0.25, -0.2) is 4.98 Å². The highest BCUT2D eigenvalue weighted by Gasteiger charge is 2.18. The number of benzene rings is 1. The Balaban J connectivity index is 1.25. The van der Waals surface area contributed by atoms with Gasteiger partial charge in [0.05, 0.1) is 13.1 Å². The van der Waals surface area contributed by atoms with Crippen LogP contribution >= 0.6 is 0 Å². The van der Waals surface area contributed by atoms with Crippen molar-refractivity contribution in [3.05, 3.63) is 54.8 Å². The van der Waals surface area contributed by atoms with E-state index in [9.17, 15) is 0 Å². The smallest absolute Gasteiger partial charge is 0.151 e. The van der Waals surface area contributed by atoms with Gasteiger partial charge in [0.15, 0.2) is 5.76 Å². The molecule has 1 fully saturated rings. The number of hydrogen-bond donors (Lipinski definition) is 0. The minimum Gasteiger partial charge on any atom is -0.359 e. The van der Waals surface area contributed by atoms with Crippen molar-refractivity contribution in [1.82, 2.24) is 29.7 Å². The van der Waals surface area contributed by atoms with E-state index in [2.05, 4.69) is 37.2 Å². The summed E-state index contributed by atoms with van der Waals surface area (Å²) in [5.41, 5.74) is 2.00. The van der Waals surface area contributed by atoms with Gasteiger partial charge < -0.3 is 4.52 Å². The van der Waals surface area contributed by atoms with Crippen LogP contribution in [0.4, 0.5) is 0 Å². The van der Waals surface area contributed by atoms with Crippen molar-refractivity contribution in [1.29, 1.82) is 0 Å². The van der Waals surface area contributed by atoms with E-state index >= 15 is 0 Å². The number of aromatic nitrogens is 4. The second-order valence-electron chi connectivity index (χ2n) is 6.32. The fourth-order valence-electron chi connectivity index (χ4n) is 3.12. The largest absolute Gasteiger partial charge is 0.359 e. The Bertz CT molecular complexity index is 762. The van der Waals surface area contributed by atoms with Gasteiger partial charge in [0.1, 0.15) is 18.3 Å². The van der Waals surface area contributed by atoms with E-state index in [1.54, 1.807) is 12.7 Å². The predicted octanol–water partition coefficient (Wildman–Crippen LogP) is 1.75. The standard InChI is InChI=1S/C18H22N6O/c1-2-4-16(5-3-1)18-12-17(25-21-18)13-23-8-6-22(7-9-23)10-11-24-15-19-14-20-24/h1-5,12,14-15H,6-11,13H2. The average molecular weight is 338 g/mol. The Kier molecular flexibility index (Phi) is 4.85.